The molecule has 0 aliphatic carbocycles. The molecule has 1 N–H and O–H groups in total. The summed E-state index contributed by atoms with van der Waals surface area (Å²) >= 11 is 7.48. The first-order valence-corrected chi connectivity index (χ1v) is 7.10. The van der Waals surface area contributed by atoms with Crippen LogP contribution in [0.15, 0.2) is 41.4 Å². The maximum absolute atomic E-state index is 11.2. The summed E-state index contributed by atoms with van der Waals surface area (Å²) in [7, 11) is 0. The summed E-state index contributed by atoms with van der Waals surface area (Å²) in [6.45, 7) is 2.09. The third kappa shape index (κ3) is 3.28. The van der Waals surface area contributed by atoms with Crippen molar-refractivity contribution in [1.82, 2.24) is 4.98 Å². The van der Waals surface area contributed by atoms with Crippen LogP contribution in [0.25, 0.3) is 11.1 Å². The minimum Gasteiger partial charge on any atom is -0.478 e. The smallest absolute Gasteiger partial charge is 0.336 e. The molecular weight excluding hydrogens is 282 g/mol. The number of nitrogens with zero attached hydrogens (tertiary/aromatic N) is 1. The lowest BCUT2D eigenvalue weighted by molar-refractivity contribution is 0.0697. The molecule has 0 bridgehead atoms. The van der Waals surface area contributed by atoms with E-state index in [1.165, 1.54) is 12.3 Å². The van der Waals surface area contributed by atoms with Gasteiger partial charge < -0.3 is 5.11 Å². The summed E-state index contributed by atoms with van der Waals surface area (Å²) < 4.78 is 0. The van der Waals surface area contributed by atoms with Gasteiger partial charge in [0.05, 0.1) is 5.56 Å². The largest absolute Gasteiger partial charge is 0.478 e. The molecule has 0 saturated carbocycles. The Kier molecular flexibility index (Phi) is 4.45. The van der Waals surface area contributed by atoms with E-state index in [1.54, 1.807) is 11.8 Å². The standard InChI is InChI=1S/C14H12ClNO2S/c1-2-19-10-5-3-9(4-6-10)12-8-16-13(15)7-11(12)14(17)18/h3-8H,2H2,1H3,(H,17,18). The number of halogens is 1. The van der Waals surface area contributed by atoms with Crippen molar-refractivity contribution >= 4 is 29.3 Å². The van der Waals surface area contributed by atoms with Gasteiger partial charge in [0.25, 0.3) is 0 Å². The highest BCUT2D eigenvalue weighted by Crippen LogP contribution is 2.27. The van der Waals surface area contributed by atoms with Crippen LogP contribution < -0.4 is 0 Å². The van der Waals surface area contributed by atoms with E-state index in [1.807, 2.05) is 24.3 Å². The van der Waals surface area contributed by atoms with Crippen LogP contribution in [0.5, 0.6) is 0 Å². The fourth-order valence-corrected chi connectivity index (χ4v) is 2.55. The van der Waals surface area contributed by atoms with Gasteiger partial charge in [-0.1, -0.05) is 30.7 Å². The maximum atomic E-state index is 11.2. The summed E-state index contributed by atoms with van der Waals surface area (Å²) in [4.78, 5) is 16.3. The molecule has 98 valence electrons. The number of rotatable bonds is 4. The van der Waals surface area contributed by atoms with E-state index in [0.717, 1.165) is 16.2 Å². The van der Waals surface area contributed by atoms with Gasteiger partial charge >= 0.3 is 5.97 Å². The van der Waals surface area contributed by atoms with Crippen molar-refractivity contribution < 1.29 is 9.90 Å². The zero-order valence-electron chi connectivity index (χ0n) is 10.3. The molecule has 0 spiro atoms. The van der Waals surface area contributed by atoms with E-state index in [0.29, 0.717) is 5.56 Å². The lowest BCUT2D eigenvalue weighted by Crippen LogP contribution is -2.00. The predicted molar refractivity (Wildman–Crippen MR) is 78.0 cm³/mol. The Hall–Kier alpha value is -1.52. The van der Waals surface area contributed by atoms with Crippen molar-refractivity contribution in [2.45, 2.75) is 11.8 Å². The molecule has 2 aromatic rings. The Bertz CT molecular complexity index is 599. The Morgan fingerprint density at radius 3 is 2.63 bits per heavy atom. The van der Waals surface area contributed by atoms with Crippen molar-refractivity contribution in [1.29, 1.82) is 0 Å². The highest BCUT2D eigenvalue weighted by molar-refractivity contribution is 7.99. The minimum absolute atomic E-state index is 0.163. The quantitative estimate of drug-likeness (QED) is 0.677. The van der Waals surface area contributed by atoms with Crippen molar-refractivity contribution in [2.24, 2.45) is 0 Å². The molecule has 1 aromatic heterocycles. The molecule has 19 heavy (non-hydrogen) atoms. The highest BCUT2D eigenvalue weighted by Gasteiger charge is 2.13. The molecule has 0 fully saturated rings. The molecule has 2 rings (SSSR count). The van der Waals surface area contributed by atoms with Crippen LogP contribution in [0.1, 0.15) is 17.3 Å². The summed E-state index contributed by atoms with van der Waals surface area (Å²) in [5.74, 6) is -0.00584. The summed E-state index contributed by atoms with van der Waals surface area (Å²) in [5, 5.41) is 9.38. The number of benzene rings is 1. The van der Waals surface area contributed by atoms with Crippen LogP contribution in [0.4, 0.5) is 0 Å². The summed E-state index contributed by atoms with van der Waals surface area (Å²) in [5.41, 5.74) is 1.56. The van der Waals surface area contributed by atoms with Gasteiger partial charge in [-0.25, -0.2) is 9.78 Å². The molecule has 0 aliphatic rings. The van der Waals surface area contributed by atoms with E-state index in [-0.39, 0.29) is 10.7 Å². The third-order valence-corrected chi connectivity index (χ3v) is 3.68. The molecule has 0 saturated heterocycles. The van der Waals surface area contributed by atoms with Gasteiger partial charge in [0, 0.05) is 16.7 Å². The van der Waals surface area contributed by atoms with Crippen molar-refractivity contribution in [3.8, 4) is 11.1 Å². The predicted octanol–water partition coefficient (Wildman–Crippen LogP) is 4.21. The van der Waals surface area contributed by atoms with Gasteiger partial charge in [-0.3, -0.25) is 0 Å². The molecule has 1 heterocycles. The first-order valence-electron chi connectivity index (χ1n) is 5.74. The van der Waals surface area contributed by atoms with Crippen LogP contribution in [-0.4, -0.2) is 21.8 Å². The van der Waals surface area contributed by atoms with Crippen LogP contribution in [0.3, 0.4) is 0 Å². The highest BCUT2D eigenvalue weighted by atomic mass is 35.5. The lowest BCUT2D eigenvalue weighted by atomic mass is 10.0. The number of carboxylic acid groups (broad SMARTS) is 1. The lowest BCUT2D eigenvalue weighted by Gasteiger charge is -2.07. The average molecular weight is 294 g/mol. The SMILES string of the molecule is CCSc1ccc(-c2cnc(Cl)cc2C(=O)O)cc1. The third-order valence-electron chi connectivity index (χ3n) is 2.58. The van der Waals surface area contributed by atoms with Crippen molar-refractivity contribution in [2.75, 3.05) is 5.75 Å². The number of hydrogen-bond donors (Lipinski definition) is 1. The summed E-state index contributed by atoms with van der Waals surface area (Å²) in [6.07, 6.45) is 1.49. The molecule has 0 amide bonds. The van der Waals surface area contributed by atoms with E-state index in [9.17, 15) is 9.90 Å². The van der Waals surface area contributed by atoms with Crippen LogP contribution in [-0.2, 0) is 0 Å². The van der Waals surface area contributed by atoms with Gasteiger partial charge in [-0.15, -0.1) is 11.8 Å². The van der Waals surface area contributed by atoms with Gasteiger partial charge in [0.1, 0.15) is 5.15 Å². The Labute approximate surface area is 120 Å². The number of hydrogen-bond acceptors (Lipinski definition) is 3. The first-order chi connectivity index (χ1) is 9.11. The van der Waals surface area contributed by atoms with E-state index in [2.05, 4.69) is 11.9 Å². The van der Waals surface area contributed by atoms with Crippen molar-refractivity contribution in [3.05, 3.63) is 47.2 Å². The second-order valence-electron chi connectivity index (χ2n) is 3.82. The second kappa shape index (κ2) is 6.08. The minimum atomic E-state index is -1.01. The van der Waals surface area contributed by atoms with Crippen LogP contribution in [0, 0.1) is 0 Å². The number of carboxylic acids is 1. The second-order valence-corrected chi connectivity index (χ2v) is 5.54. The van der Waals surface area contributed by atoms with Gasteiger partial charge in [-0.2, -0.15) is 0 Å². The Morgan fingerprint density at radius 1 is 1.37 bits per heavy atom. The number of thioether (sulfide) groups is 1. The maximum Gasteiger partial charge on any atom is 0.336 e. The van der Waals surface area contributed by atoms with E-state index < -0.39 is 5.97 Å². The molecule has 0 atom stereocenters. The normalized spacial score (nSPS) is 10.4. The van der Waals surface area contributed by atoms with Gasteiger partial charge in [0.2, 0.25) is 0 Å². The van der Waals surface area contributed by atoms with Crippen LogP contribution >= 0.6 is 23.4 Å². The van der Waals surface area contributed by atoms with Crippen LogP contribution in [0.2, 0.25) is 5.15 Å². The molecular formula is C14H12ClNO2S. The molecule has 0 radical (unpaired) electrons. The molecule has 3 nitrogen and oxygen atoms in total. The molecule has 0 aliphatic heterocycles. The molecule has 0 unspecified atom stereocenters. The monoisotopic (exact) mass is 293 g/mol. The zero-order chi connectivity index (χ0) is 13.8. The average Bonchev–Trinajstić information content (AvgIpc) is 2.40. The van der Waals surface area contributed by atoms with Gasteiger partial charge in [0.15, 0.2) is 0 Å². The van der Waals surface area contributed by atoms with E-state index >= 15 is 0 Å². The number of aromatic nitrogens is 1. The van der Waals surface area contributed by atoms with Gasteiger partial charge in [-0.05, 0) is 29.5 Å². The number of carbonyl (C=O) groups is 1. The molecule has 1 aromatic carbocycles. The first kappa shape index (κ1) is 13.9. The fraction of sp³-hybridized carbons (Fsp3) is 0.143. The van der Waals surface area contributed by atoms with E-state index in [4.69, 9.17) is 11.6 Å². The topological polar surface area (TPSA) is 50.2 Å². The fourth-order valence-electron chi connectivity index (χ4n) is 1.73. The Morgan fingerprint density at radius 2 is 2.05 bits per heavy atom. The number of pyridine rings is 1. The molecule has 5 heteroatoms. The summed E-state index contributed by atoms with van der Waals surface area (Å²) in [6, 6.07) is 9.12. The Balaban J connectivity index is 2.43. The zero-order valence-corrected chi connectivity index (χ0v) is 11.8. The number of aromatic carboxylic acids is 1. The van der Waals surface area contributed by atoms with Crippen molar-refractivity contribution in [3.63, 3.8) is 0 Å².